The molecule has 0 aliphatic heterocycles. The van der Waals surface area contributed by atoms with E-state index in [4.69, 9.17) is 4.74 Å². The molecule has 0 N–H and O–H groups in total. The van der Waals surface area contributed by atoms with Crippen molar-refractivity contribution in [2.75, 3.05) is 6.61 Å². The maximum atomic E-state index is 4.74. The van der Waals surface area contributed by atoms with Crippen LogP contribution in [0.1, 0.15) is 13.3 Å². The van der Waals surface area contributed by atoms with E-state index in [0.29, 0.717) is 6.61 Å². The third-order valence-corrected chi connectivity index (χ3v) is 0.660. The Bertz CT molecular complexity index is 62.7. The Kier molecular flexibility index (Phi) is 4.34. The van der Waals surface area contributed by atoms with Gasteiger partial charge in [-0.25, -0.2) is 0 Å². The van der Waals surface area contributed by atoms with Crippen molar-refractivity contribution in [1.29, 1.82) is 0 Å². The van der Waals surface area contributed by atoms with Gasteiger partial charge in [0.1, 0.15) is 0 Å². The summed E-state index contributed by atoms with van der Waals surface area (Å²) < 4.78 is 4.96. The average molecular weight is 135 g/mol. The molecule has 0 heterocycles. The van der Waals surface area contributed by atoms with E-state index in [1.54, 1.807) is 0 Å². The van der Waals surface area contributed by atoms with Gasteiger partial charge in [0.15, 0.2) is 0 Å². The van der Waals surface area contributed by atoms with Gasteiger partial charge in [-0.3, -0.25) is 0 Å². The highest BCUT2D eigenvalue weighted by Crippen LogP contribution is 1.87. The lowest BCUT2D eigenvalue weighted by atomic mass is 10.5. The second kappa shape index (κ2) is 4.27. The molecule has 0 aromatic rings. The van der Waals surface area contributed by atoms with Crippen LogP contribution in [0.15, 0.2) is 0 Å². The molecule has 0 aliphatic rings. The lowest BCUT2D eigenvalue weighted by molar-refractivity contribution is 0.322. The van der Waals surface area contributed by atoms with E-state index in [9.17, 15) is 0 Å². The fourth-order valence-corrected chi connectivity index (χ4v) is 0.352. The van der Waals surface area contributed by atoms with Gasteiger partial charge < -0.3 is 4.74 Å². The zero-order valence-electron chi connectivity index (χ0n) is 4.14. The summed E-state index contributed by atoms with van der Waals surface area (Å²) in [7, 11) is 0. The summed E-state index contributed by atoms with van der Waals surface area (Å²) >= 11 is 8.91. The highest BCUT2D eigenvalue weighted by Gasteiger charge is 1.83. The molecule has 0 amide bonds. The van der Waals surface area contributed by atoms with Crippen LogP contribution in [-0.2, 0) is 4.74 Å². The molecule has 0 aromatic heterocycles. The molecule has 1 radical (unpaired) electrons. The summed E-state index contributed by atoms with van der Waals surface area (Å²) in [6.07, 6.45) is 0.969. The summed E-state index contributed by atoms with van der Waals surface area (Å²) in [5.41, 5.74) is 0. The van der Waals surface area contributed by atoms with Crippen molar-refractivity contribution in [3.63, 3.8) is 0 Å². The minimum Gasteiger partial charge on any atom is -0.475 e. The Morgan fingerprint density at radius 1 is 1.71 bits per heavy atom. The maximum absolute atomic E-state index is 4.74. The van der Waals surface area contributed by atoms with Gasteiger partial charge in [0, 0.05) is 0 Å². The molecule has 41 valence electrons. The molecule has 1 nitrogen and oxygen atoms in total. The van der Waals surface area contributed by atoms with Crippen molar-refractivity contribution in [3.05, 3.63) is 0 Å². The third kappa shape index (κ3) is 6.11. The lowest BCUT2D eigenvalue weighted by Crippen LogP contribution is -1.92. The normalized spacial score (nSPS) is 8.14. The highest BCUT2D eigenvalue weighted by molar-refractivity contribution is 8.10. The van der Waals surface area contributed by atoms with Crippen LogP contribution in [0.3, 0.4) is 0 Å². The van der Waals surface area contributed by atoms with Crippen LogP contribution < -0.4 is 0 Å². The smallest absolute Gasteiger partial charge is 0.252 e. The largest absolute Gasteiger partial charge is 0.475 e. The first kappa shape index (κ1) is 7.11. The van der Waals surface area contributed by atoms with Crippen LogP contribution in [0.2, 0.25) is 0 Å². The topological polar surface area (TPSA) is 9.23 Å². The van der Waals surface area contributed by atoms with Crippen molar-refractivity contribution in [1.82, 2.24) is 0 Å². The van der Waals surface area contributed by atoms with Gasteiger partial charge in [0.25, 0.3) is 4.38 Å². The molecule has 7 heavy (non-hydrogen) atoms. The van der Waals surface area contributed by atoms with E-state index in [1.165, 1.54) is 0 Å². The van der Waals surface area contributed by atoms with Crippen LogP contribution in [0.25, 0.3) is 0 Å². The van der Waals surface area contributed by atoms with Crippen molar-refractivity contribution < 1.29 is 4.74 Å². The van der Waals surface area contributed by atoms with E-state index in [1.807, 2.05) is 6.92 Å². The summed E-state index contributed by atoms with van der Waals surface area (Å²) in [6, 6.07) is 0. The summed E-state index contributed by atoms with van der Waals surface area (Å²) in [5, 5.41) is 0. The predicted molar refractivity (Wildman–Crippen MR) is 36.4 cm³/mol. The lowest BCUT2D eigenvalue weighted by Gasteiger charge is -1.94. The van der Waals surface area contributed by atoms with Crippen LogP contribution >= 0.6 is 24.8 Å². The van der Waals surface area contributed by atoms with Gasteiger partial charge >= 0.3 is 0 Å². The van der Waals surface area contributed by atoms with E-state index < -0.39 is 0 Å². The van der Waals surface area contributed by atoms with Gasteiger partial charge in [0.05, 0.1) is 6.61 Å². The second-order valence-corrected chi connectivity index (χ2v) is 2.10. The molecular weight excluding hydrogens is 128 g/mol. The Labute approximate surface area is 54.5 Å². The van der Waals surface area contributed by atoms with E-state index in [0.717, 1.165) is 6.42 Å². The standard InChI is InChI=1S/C4H7OS2/c1-2-3-5-4(6)7/h2-3H2,1H3. The molecule has 0 aliphatic carbocycles. The molecule has 0 aromatic carbocycles. The average Bonchev–Trinajstić information content (AvgIpc) is 1.61. The minimum atomic E-state index is 0.224. The van der Waals surface area contributed by atoms with Crippen LogP contribution in [0, 0.1) is 0 Å². The number of hydrogen-bond donors (Lipinski definition) is 0. The summed E-state index contributed by atoms with van der Waals surface area (Å²) in [6.45, 7) is 2.66. The number of rotatable bonds is 2. The van der Waals surface area contributed by atoms with Gasteiger partial charge in [-0.15, -0.1) is 0 Å². The van der Waals surface area contributed by atoms with Gasteiger partial charge in [-0.2, -0.15) is 0 Å². The first-order chi connectivity index (χ1) is 3.27. The van der Waals surface area contributed by atoms with Crippen LogP contribution in [0.4, 0.5) is 0 Å². The van der Waals surface area contributed by atoms with Crippen molar-refractivity contribution in [3.8, 4) is 0 Å². The fourth-order valence-electron chi connectivity index (χ4n) is 0.185. The van der Waals surface area contributed by atoms with Crippen LogP contribution in [0.5, 0.6) is 0 Å². The Hall–Kier alpha value is 0.110. The molecule has 0 bridgehead atoms. The Morgan fingerprint density at radius 2 is 2.29 bits per heavy atom. The van der Waals surface area contributed by atoms with Gasteiger partial charge in [0.2, 0.25) is 0 Å². The molecule has 0 unspecified atom stereocenters. The van der Waals surface area contributed by atoms with Crippen molar-refractivity contribution in [2.45, 2.75) is 13.3 Å². The molecule has 0 saturated carbocycles. The van der Waals surface area contributed by atoms with Crippen molar-refractivity contribution in [2.24, 2.45) is 0 Å². The summed E-state index contributed by atoms with van der Waals surface area (Å²) in [4.78, 5) is 0. The predicted octanol–water partition coefficient (Wildman–Crippen LogP) is 1.90. The quantitative estimate of drug-likeness (QED) is 0.535. The van der Waals surface area contributed by atoms with E-state index >= 15 is 0 Å². The molecule has 0 spiro atoms. The monoisotopic (exact) mass is 135 g/mol. The van der Waals surface area contributed by atoms with E-state index in [2.05, 4.69) is 24.8 Å². The van der Waals surface area contributed by atoms with Crippen LogP contribution in [-0.4, -0.2) is 11.0 Å². The zero-order valence-corrected chi connectivity index (χ0v) is 5.77. The van der Waals surface area contributed by atoms with Gasteiger partial charge in [-0.1, -0.05) is 6.92 Å². The van der Waals surface area contributed by atoms with Crippen molar-refractivity contribution >= 4 is 29.2 Å². The SMILES string of the molecule is CCCOC([S])=S. The zero-order chi connectivity index (χ0) is 5.70. The Balaban J connectivity index is 2.82. The molecule has 0 rings (SSSR count). The second-order valence-electron chi connectivity index (χ2n) is 1.10. The highest BCUT2D eigenvalue weighted by atomic mass is 32.1. The molecular formula is C4H7OS2. The first-order valence-electron chi connectivity index (χ1n) is 2.11. The minimum absolute atomic E-state index is 0.224. The fraction of sp³-hybridized carbons (Fsp3) is 0.750. The van der Waals surface area contributed by atoms with E-state index in [-0.39, 0.29) is 4.38 Å². The van der Waals surface area contributed by atoms with Gasteiger partial charge in [-0.05, 0) is 31.3 Å². The number of hydrogen-bond acceptors (Lipinski definition) is 2. The molecule has 0 atom stereocenters. The number of thiocarbonyl (C=S) groups is 1. The third-order valence-electron chi connectivity index (χ3n) is 0.424. The molecule has 3 heteroatoms. The first-order valence-corrected chi connectivity index (χ1v) is 2.92. The molecule has 0 saturated heterocycles. The molecule has 0 fully saturated rings. The summed E-state index contributed by atoms with van der Waals surface area (Å²) in [5.74, 6) is 0. The number of ether oxygens (including phenoxy) is 1. The Morgan fingerprint density at radius 3 is 2.43 bits per heavy atom. The maximum Gasteiger partial charge on any atom is 0.252 e.